The molecule has 0 bridgehead atoms. The molecule has 0 fully saturated rings. The molecule has 0 saturated carbocycles. The third-order valence-electron chi connectivity index (χ3n) is 5.13. The Morgan fingerprint density at radius 3 is 1.85 bits per heavy atom. The summed E-state index contributed by atoms with van der Waals surface area (Å²) in [6.07, 6.45) is 1.60. The van der Waals surface area contributed by atoms with Crippen LogP contribution in [0.25, 0.3) is 0 Å². The van der Waals surface area contributed by atoms with Crippen LogP contribution >= 0.6 is 0 Å². The molecule has 2 rings (SSSR count). The summed E-state index contributed by atoms with van der Waals surface area (Å²) in [7, 11) is -0.757. The summed E-state index contributed by atoms with van der Waals surface area (Å²) in [5.41, 5.74) is 0. The second kappa shape index (κ2) is 9.47. The molecule has 2 aromatic rings. The van der Waals surface area contributed by atoms with E-state index < -0.39 is 8.32 Å². The fraction of sp³-hybridized carbons (Fsp3) is 0.391. The predicted molar refractivity (Wildman–Crippen MR) is 117 cm³/mol. The summed E-state index contributed by atoms with van der Waals surface area (Å²) >= 11 is 0. The molecule has 0 aliphatic heterocycles. The molecule has 0 radical (unpaired) electrons. The van der Waals surface area contributed by atoms with Crippen molar-refractivity contribution in [3.8, 4) is 0 Å². The van der Waals surface area contributed by atoms with Gasteiger partial charge in [0.05, 0.1) is 6.10 Å². The lowest BCUT2D eigenvalue weighted by Gasteiger charge is -2.45. The van der Waals surface area contributed by atoms with Crippen molar-refractivity contribution in [1.82, 2.24) is 5.32 Å². The molecule has 2 N–H and O–H groups in total. The van der Waals surface area contributed by atoms with E-state index in [4.69, 9.17) is 4.43 Å². The molecule has 0 amide bonds. The molecule has 27 heavy (non-hydrogen) atoms. The highest BCUT2D eigenvalue weighted by Crippen LogP contribution is 2.38. The lowest BCUT2D eigenvalue weighted by Crippen LogP contribution is -2.68. The Morgan fingerprint density at radius 1 is 1.04 bits per heavy atom. The van der Waals surface area contributed by atoms with Gasteiger partial charge in [0.1, 0.15) is 0 Å². The first kappa shape index (κ1) is 21.6. The normalized spacial score (nSPS) is 14.6. The maximum Gasteiger partial charge on any atom is 0.261 e. The first-order valence-corrected chi connectivity index (χ1v) is 11.5. The van der Waals surface area contributed by atoms with Gasteiger partial charge in [-0.05, 0) is 22.5 Å². The highest BCUT2D eigenvalue weighted by molar-refractivity contribution is 6.99. The van der Waals surface area contributed by atoms with Gasteiger partial charge in [-0.3, -0.25) is 0 Å². The maximum atomic E-state index is 9.95. The molecule has 0 heterocycles. The fourth-order valence-corrected chi connectivity index (χ4v) is 8.49. The Morgan fingerprint density at radius 2 is 1.52 bits per heavy atom. The van der Waals surface area contributed by atoms with Gasteiger partial charge in [0.15, 0.2) is 0 Å². The molecule has 0 aliphatic carbocycles. The van der Waals surface area contributed by atoms with Crippen LogP contribution in [0.1, 0.15) is 20.8 Å². The molecule has 3 nitrogen and oxygen atoms in total. The summed E-state index contributed by atoms with van der Waals surface area (Å²) in [6.45, 7) is 11.5. The number of benzene rings is 2. The van der Waals surface area contributed by atoms with Gasteiger partial charge in [-0.25, -0.2) is 0 Å². The molecule has 0 aliphatic rings. The zero-order valence-corrected chi connectivity index (χ0v) is 18.0. The van der Waals surface area contributed by atoms with Gasteiger partial charge in [0.25, 0.3) is 8.32 Å². The van der Waals surface area contributed by atoms with Crippen LogP contribution in [-0.4, -0.2) is 39.7 Å². The minimum absolute atomic E-state index is 0.0471. The van der Waals surface area contributed by atoms with Gasteiger partial charge in [-0.1, -0.05) is 87.5 Å². The van der Waals surface area contributed by atoms with E-state index in [1.165, 1.54) is 10.4 Å². The minimum atomic E-state index is -2.65. The van der Waals surface area contributed by atoms with Crippen LogP contribution in [0.2, 0.25) is 5.04 Å². The SMILES string of the molecule is C=C[C@@H](O[Si](c1ccccc1)(c1ccccc1)C(C)(C)C)C(CO)CNC. The van der Waals surface area contributed by atoms with Gasteiger partial charge in [-0.15, -0.1) is 6.58 Å². The molecule has 4 heteroatoms. The molecule has 2 atom stereocenters. The Kier molecular flexibility index (Phi) is 7.56. The van der Waals surface area contributed by atoms with Gasteiger partial charge < -0.3 is 14.8 Å². The van der Waals surface area contributed by atoms with Crippen molar-refractivity contribution in [2.45, 2.75) is 31.9 Å². The third kappa shape index (κ3) is 4.58. The first-order valence-electron chi connectivity index (χ1n) is 9.57. The lowest BCUT2D eigenvalue weighted by atomic mass is 10.0. The third-order valence-corrected chi connectivity index (χ3v) is 10.2. The topological polar surface area (TPSA) is 41.5 Å². The summed E-state index contributed by atoms with van der Waals surface area (Å²) in [4.78, 5) is 0. The molecule has 1 unspecified atom stereocenters. The standard InChI is InChI=1S/C23H33NO2Si/c1-6-22(19(18-25)17-24-5)26-27(23(2,3)4,20-13-9-7-10-14-20)21-15-11-8-12-16-21/h6-16,19,22,24-25H,1,17-18H2,2-5H3/t19?,22-/m1/s1. The average molecular weight is 384 g/mol. The van der Waals surface area contributed by atoms with Crippen molar-refractivity contribution in [3.05, 3.63) is 73.3 Å². The molecular formula is C23H33NO2Si. The minimum Gasteiger partial charge on any atom is -0.401 e. The molecule has 0 aromatic heterocycles. The monoisotopic (exact) mass is 383 g/mol. The quantitative estimate of drug-likeness (QED) is 0.517. The van der Waals surface area contributed by atoms with E-state index in [-0.39, 0.29) is 23.7 Å². The Bertz CT molecular complexity index is 658. The predicted octanol–water partition coefficient (Wildman–Crippen LogP) is 2.95. The number of aliphatic hydroxyl groups is 1. The summed E-state index contributed by atoms with van der Waals surface area (Å²) < 4.78 is 7.05. The number of aliphatic hydroxyl groups excluding tert-OH is 1. The molecule has 0 saturated heterocycles. The average Bonchev–Trinajstić information content (AvgIpc) is 2.68. The number of rotatable bonds is 9. The van der Waals surface area contributed by atoms with Crippen LogP contribution in [0.3, 0.4) is 0 Å². The highest BCUT2D eigenvalue weighted by Gasteiger charge is 2.51. The fourth-order valence-electron chi connectivity index (χ4n) is 3.78. The van der Waals surface area contributed by atoms with E-state index in [1.54, 1.807) is 0 Å². The molecular weight excluding hydrogens is 350 g/mol. The number of hydrogen-bond donors (Lipinski definition) is 2. The molecule has 0 spiro atoms. The molecule has 2 aromatic carbocycles. The smallest absolute Gasteiger partial charge is 0.261 e. The Hall–Kier alpha value is -1.72. The van der Waals surface area contributed by atoms with Crippen molar-refractivity contribution in [2.24, 2.45) is 5.92 Å². The summed E-state index contributed by atoms with van der Waals surface area (Å²) in [5.74, 6) is -0.0471. The van der Waals surface area contributed by atoms with Crippen molar-refractivity contribution < 1.29 is 9.53 Å². The second-order valence-electron chi connectivity index (χ2n) is 7.98. The summed E-state index contributed by atoms with van der Waals surface area (Å²) in [5, 5.41) is 15.5. The number of nitrogens with one attached hydrogen (secondary N) is 1. The first-order chi connectivity index (χ1) is 12.9. The van der Waals surface area contributed by atoms with Crippen molar-refractivity contribution in [2.75, 3.05) is 20.2 Å². The Labute approximate surface area is 165 Å². The van der Waals surface area contributed by atoms with E-state index in [0.717, 1.165) is 0 Å². The van der Waals surface area contributed by atoms with E-state index in [9.17, 15) is 5.11 Å². The highest BCUT2D eigenvalue weighted by atomic mass is 28.4. The van der Waals surface area contributed by atoms with Gasteiger partial charge >= 0.3 is 0 Å². The van der Waals surface area contributed by atoms with Crippen molar-refractivity contribution in [1.29, 1.82) is 0 Å². The van der Waals surface area contributed by atoms with E-state index in [1.807, 2.05) is 25.3 Å². The van der Waals surface area contributed by atoms with Crippen LogP contribution in [0.15, 0.2) is 73.3 Å². The Balaban J connectivity index is 2.66. The van der Waals surface area contributed by atoms with Crippen LogP contribution in [0.5, 0.6) is 0 Å². The summed E-state index contributed by atoms with van der Waals surface area (Å²) in [6, 6.07) is 21.1. The van der Waals surface area contributed by atoms with Crippen LogP contribution in [0.4, 0.5) is 0 Å². The van der Waals surface area contributed by atoms with Crippen molar-refractivity contribution in [3.63, 3.8) is 0 Å². The number of hydrogen-bond acceptors (Lipinski definition) is 3. The zero-order valence-electron chi connectivity index (χ0n) is 17.0. The van der Waals surface area contributed by atoms with Gasteiger partial charge in [0.2, 0.25) is 0 Å². The maximum absolute atomic E-state index is 9.95. The van der Waals surface area contributed by atoms with Crippen LogP contribution in [0, 0.1) is 5.92 Å². The van der Waals surface area contributed by atoms with Gasteiger partial charge in [0, 0.05) is 19.1 Å². The van der Waals surface area contributed by atoms with Crippen molar-refractivity contribution >= 4 is 18.7 Å². The van der Waals surface area contributed by atoms with E-state index in [2.05, 4.69) is 81.2 Å². The van der Waals surface area contributed by atoms with Crippen LogP contribution < -0.4 is 15.7 Å². The van der Waals surface area contributed by atoms with Gasteiger partial charge in [-0.2, -0.15) is 0 Å². The molecule has 146 valence electrons. The van der Waals surface area contributed by atoms with E-state index in [0.29, 0.717) is 6.54 Å². The lowest BCUT2D eigenvalue weighted by molar-refractivity contribution is 0.111. The second-order valence-corrected chi connectivity index (χ2v) is 12.2. The largest absolute Gasteiger partial charge is 0.401 e. The van der Waals surface area contributed by atoms with E-state index >= 15 is 0 Å². The zero-order chi connectivity index (χ0) is 19.9. The van der Waals surface area contributed by atoms with Crippen LogP contribution in [-0.2, 0) is 4.43 Å².